The molecule has 0 unspecified atom stereocenters. The monoisotopic (exact) mass is 506 g/mol. The molecule has 9 nitrogen and oxygen atoms in total. The van der Waals surface area contributed by atoms with E-state index in [1.54, 1.807) is 12.1 Å². The van der Waals surface area contributed by atoms with Crippen LogP contribution in [0.2, 0.25) is 0 Å². The van der Waals surface area contributed by atoms with Crippen LogP contribution in [-0.2, 0) is 26.8 Å². The van der Waals surface area contributed by atoms with Gasteiger partial charge in [-0.15, -0.1) is 0 Å². The zero-order valence-corrected chi connectivity index (χ0v) is 19.8. The molecular weight excluding hydrogens is 482 g/mol. The number of sulfonamides is 1. The van der Waals surface area contributed by atoms with Gasteiger partial charge in [0.2, 0.25) is 10.9 Å². The minimum absolute atomic E-state index is 0.0248. The molecule has 0 amide bonds. The van der Waals surface area contributed by atoms with Crippen molar-refractivity contribution in [3.8, 4) is 17.0 Å². The molecular formula is C23H24F2N4O5S. The molecule has 3 N–H and O–H groups in total. The summed E-state index contributed by atoms with van der Waals surface area (Å²) in [6, 6.07) is 5.83. The Kier molecular flexibility index (Phi) is 6.36. The van der Waals surface area contributed by atoms with Gasteiger partial charge in [-0.05, 0) is 59.2 Å². The van der Waals surface area contributed by atoms with E-state index in [1.165, 1.54) is 23.0 Å². The Labute approximate surface area is 200 Å². The Morgan fingerprint density at radius 1 is 1.29 bits per heavy atom. The number of aliphatic carboxylic acids is 1. The number of benzene rings is 1. The van der Waals surface area contributed by atoms with Crippen molar-refractivity contribution in [1.82, 2.24) is 14.8 Å². The number of rotatable bonds is 9. The molecule has 1 fully saturated rings. The van der Waals surface area contributed by atoms with Crippen LogP contribution >= 0.6 is 0 Å². The molecule has 0 radical (unpaired) electrons. The number of nitrogens with two attached hydrogens (primary N) is 1. The molecule has 0 aliphatic heterocycles. The molecule has 0 saturated heterocycles. The van der Waals surface area contributed by atoms with E-state index in [9.17, 15) is 27.1 Å². The predicted octanol–water partition coefficient (Wildman–Crippen LogP) is 3.19. The van der Waals surface area contributed by atoms with Gasteiger partial charge in [-0.1, -0.05) is 13.8 Å². The number of carboxylic acids is 1. The number of ether oxygens (including phenoxy) is 1. The number of nitrogens with zero attached hydrogens (tertiary/aromatic N) is 3. The highest BCUT2D eigenvalue weighted by atomic mass is 32.2. The normalized spacial score (nSPS) is 14.8. The van der Waals surface area contributed by atoms with E-state index in [4.69, 9.17) is 9.88 Å². The van der Waals surface area contributed by atoms with Crippen LogP contribution in [0, 0.1) is 11.6 Å². The first kappa shape index (κ1) is 24.7. The summed E-state index contributed by atoms with van der Waals surface area (Å²) in [6.07, 6.45) is 3.30. The molecule has 0 bridgehead atoms. The van der Waals surface area contributed by atoms with E-state index in [-0.39, 0.29) is 24.8 Å². The molecule has 3 aromatic rings. The highest BCUT2D eigenvalue weighted by Crippen LogP contribution is 2.44. The van der Waals surface area contributed by atoms with Crippen molar-refractivity contribution in [2.75, 3.05) is 6.61 Å². The van der Waals surface area contributed by atoms with Crippen LogP contribution in [-0.4, -0.2) is 40.9 Å². The number of carbonyl (C=O) groups is 1. The van der Waals surface area contributed by atoms with Crippen molar-refractivity contribution in [2.45, 2.75) is 49.6 Å². The lowest BCUT2D eigenvalue weighted by Crippen LogP contribution is -2.26. The van der Waals surface area contributed by atoms with Gasteiger partial charge < -0.3 is 9.84 Å². The Morgan fingerprint density at radius 2 is 2.00 bits per heavy atom. The predicted molar refractivity (Wildman–Crippen MR) is 121 cm³/mol. The molecule has 1 aliphatic rings. The maximum Gasteiger partial charge on any atom is 0.307 e. The second-order valence-corrected chi connectivity index (χ2v) is 10.4. The second-order valence-electron chi connectivity index (χ2n) is 8.91. The van der Waals surface area contributed by atoms with Crippen LogP contribution in [0.25, 0.3) is 11.1 Å². The first-order chi connectivity index (χ1) is 16.4. The van der Waals surface area contributed by atoms with Gasteiger partial charge in [0.15, 0.2) is 5.82 Å². The first-order valence-corrected chi connectivity index (χ1v) is 12.4. The van der Waals surface area contributed by atoms with Gasteiger partial charge in [-0.25, -0.2) is 27.3 Å². The molecule has 1 saturated carbocycles. The van der Waals surface area contributed by atoms with E-state index in [0.29, 0.717) is 35.1 Å². The fourth-order valence-electron chi connectivity index (χ4n) is 4.00. The van der Waals surface area contributed by atoms with Crippen LogP contribution < -0.4 is 9.88 Å². The van der Waals surface area contributed by atoms with Crippen LogP contribution in [0.1, 0.15) is 43.7 Å². The van der Waals surface area contributed by atoms with Gasteiger partial charge in [-0.2, -0.15) is 5.10 Å². The van der Waals surface area contributed by atoms with E-state index in [0.717, 1.165) is 6.20 Å². The van der Waals surface area contributed by atoms with Crippen LogP contribution in [0.4, 0.5) is 8.78 Å². The van der Waals surface area contributed by atoms with Gasteiger partial charge in [-0.3, -0.25) is 9.48 Å². The third kappa shape index (κ3) is 5.17. The highest BCUT2D eigenvalue weighted by Gasteiger charge is 2.47. The van der Waals surface area contributed by atoms with Gasteiger partial charge in [0, 0.05) is 12.3 Å². The van der Waals surface area contributed by atoms with Gasteiger partial charge in [0.1, 0.15) is 12.4 Å². The summed E-state index contributed by atoms with van der Waals surface area (Å²) in [5.74, 6) is -2.48. The third-order valence-corrected chi connectivity index (χ3v) is 6.77. The number of pyridine rings is 1. The van der Waals surface area contributed by atoms with Gasteiger partial charge in [0.25, 0.3) is 10.0 Å². The van der Waals surface area contributed by atoms with E-state index in [1.807, 2.05) is 13.8 Å². The molecule has 2 heterocycles. The third-order valence-electron chi connectivity index (χ3n) is 5.95. The Morgan fingerprint density at radius 3 is 2.57 bits per heavy atom. The summed E-state index contributed by atoms with van der Waals surface area (Å²) >= 11 is 0. The maximum atomic E-state index is 14.4. The van der Waals surface area contributed by atoms with Crippen molar-refractivity contribution in [1.29, 1.82) is 0 Å². The lowest BCUT2D eigenvalue weighted by molar-refractivity contribution is -0.136. The summed E-state index contributed by atoms with van der Waals surface area (Å²) in [6.45, 7) is 3.75. The van der Waals surface area contributed by atoms with E-state index >= 15 is 0 Å². The van der Waals surface area contributed by atoms with Crippen LogP contribution in [0.3, 0.4) is 0 Å². The van der Waals surface area contributed by atoms with Crippen molar-refractivity contribution < 1.29 is 31.8 Å². The number of hydrogen-bond acceptors (Lipinski definition) is 6. The standard InChI is InChI=1S/C23H24F2N4O5S/c1-13(2)16-8-15(24)9-17(18(16)10-21(30)31)14-3-6-27-20(7-14)34-12-23(4-5-23)29-11-19(25)22(28-29)35(26,32)33/h3,6-9,11,13H,4-5,10,12H2,1-2H3,(H,30,31)(H2,26,32,33). The molecule has 186 valence electrons. The fraction of sp³-hybridized carbons (Fsp3) is 0.348. The minimum atomic E-state index is -4.31. The molecule has 1 aliphatic carbocycles. The maximum absolute atomic E-state index is 14.4. The summed E-state index contributed by atoms with van der Waals surface area (Å²) in [7, 11) is -4.31. The Balaban J connectivity index is 1.62. The number of aromatic nitrogens is 3. The van der Waals surface area contributed by atoms with E-state index < -0.39 is 38.2 Å². The topological polar surface area (TPSA) is 137 Å². The highest BCUT2D eigenvalue weighted by molar-refractivity contribution is 7.89. The molecule has 35 heavy (non-hydrogen) atoms. The lowest BCUT2D eigenvalue weighted by Gasteiger charge is -2.18. The van der Waals surface area contributed by atoms with E-state index in [2.05, 4.69) is 10.1 Å². The molecule has 0 spiro atoms. The van der Waals surface area contributed by atoms with Crippen molar-refractivity contribution in [3.05, 3.63) is 59.4 Å². The van der Waals surface area contributed by atoms with Crippen LogP contribution in [0.15, 0.2) is 41.7 Å². The van der Waals surface area contributed by atoms with Gasteiger partial charge >= 0.3 is 5.97 Å². The quantitative estimate of drug-likeness (QED) is 0.455. The minimum Gasteiger partial charge on any atom is -0.481 e. The van der Waals surface area contributed by atoms with Crippen molar-refractivity contribution >= 4 is 16.0 Å². The second kappa shape index (κ2) is 9.00. The summed E-state index contributed by atoms with van der Waals surface area (Å²) in [5.41, 5.74) is 1.31. The molecule has 1 aromatic carbocycles. The summed E-state index contributed by atoms with van der Waals surface area (Å²) in [4.78, 5) is 15.7. The first-order valence-electron chi connectivity index (χ1n) is 10.8. The zero-order chi connectivity index (χ0) is 25.5. The average Bonchev–Trinajstić information content (AvgIpc) is 3.45. The smallest absolute Gasteiger partial charge is 0.307 e. The molecule has 12 heteroatoms. The summed E-state index contributed by atoms with van der Waals surface area (Å²) in [5, 5.41) is 17.4. The zero-order valence-electron chi connectivity index (χ0n) is 19.0. The largest absolute Gasteiger partial charge is 0.481 e. The Hall–Kier alpha value is -3.38. The number of halogens is 2. The average molecular weight is 507 g/mol. The Bertz CT molecular complexity index is 1400. The SMILES string of the molecule is CC(C)c1cc(F)cc(-c2ccnc(OCC3(n4cc(F)c(S(N)(=O)=O)n4)CC3)c2)c1CC(=O)O. The molecule has 0 atom stereocenters. The number of primary sulfonamides is 1. The van der Waals surface area contributed by atoms with Crippen molar-refractivity contribution in [2.24, 2.45) is 5.14 Å². The number of hydrogen-bond donors (Lipinski definition) is 2. The lowest BCUT2D eigenvalue weighted by atomic mass is 9.88. The molecule has 4 rings (SSSR count). The fourth-order valence-corrected chi connectivity index (χ4v) is 4.53. The van der Waals surface area contributed by atoms with Gasteiger partial charge in [0.05, 0.1) is 18.2 Å². The number of carboxylic acid groups (broad SMARTS) is 1. The van der Waals surface area contributed by atoms with Crippen LogP contribution in [0.5, 0.6) is 5.88 Å². The summed E-state index contributed by atoms with van der Waals surface area (Å²) < 4.78 is 58.5. The molecule has 2 aromatic heterocycles. The van der Waals surface area contributed by atoms with Crippen molar-refractivity contribution in [3.63, 3.8) is 0 Å².